The molecule has 0 aliphatic heterocycles. The van der Waals surface area contributed by atoms with Crippen molar-refractivity contribution >= 4 is 66.4 Å². The van der Waals surface area contributed by atoms with Gasteiger partial charge in [0.05, 0.1) is 22.7 Å². The van der Waals surface area contributed by atoms with Crippen LogP contribution < -0.4 is 9.80 Å². The Labute approximate surface area is 406 Å². The summed E-state index contributed by atoms with van der Waals surface area (Å²) >= 11 is 0. The Morgan fingerprint density at radius 1 is 0.271 bits per heavy atom. The highest BCUT2D eigenvalue weighted by Crippen LogP contribution is 2.50. The van der Waals surface area contributed by atoms with Gasteiger partial charge < -0.3 is 9.80 Å². The molecule has 334 valence electrons. The van der Waals surface area contributed by atoms with Crippen molar-refractivity contribution < 1.29 is 8.78 Å². The number of hydrogen-bond acceptors (Lipinski definition) is 2. The van der Waals surface area contributed by atoms with Gasteiger partial charge in [0.25, 0.3) is 0 Å². The summed E-state index contributed by atoms with van der Waals surface area (Å²) in [7, 11) is 0. The smallest absolute Gasteiger partial charge is 0.147 e. The van der Waals surface area contributed by atoms with Gasteiger partial charge in [-0.25, -0.2) is 8.78 Å². The number of halogens is 2. The Balaban J connectivity index is 1.11. The molecule has 0 heterocycles. The predicted molar refractivity (Wildman–Crippen MR) is 291 cm³/mol. The van der Waals surface area contributed by atoms with Crippen molar-refractivity contribution in [2.24, 2.45) is 0 Å². The van der Waals surface area contributed by atoms with Crippen molar-refractivity contribution in [2.75, 3.05) is 9.80 Å². The first-order valence-electron chi connectivity index (χ1n) is 23.7. The minimum atomic E-state index is -0.333. The lowest BCUT2D eigenvalue weighted by atomic mass is 9.91. The zero-order valence-electron chi connectivity index (χ0n) is 38.7. The normalized spacial score (nSPS) is 11.4. The molecular weight excluding hydrogens is 859 g/mol. The van der Waals surface area contributed by atoms with Crippen LogP contribution >= 0.6 is 0 Å². The molecule has 0 aliphatic carbocycles. The minimum Gasteiger partial charge on any atom is -0.307 e. The molecule has 0 spiro atoms. The Kier molecular flexibility index (Phi) is 10.7. The molecule has 0 saturated carbocycles. The lowest BCUT2D eigenvalue weighted by Crippen LogP contribution is -2.13. The SMILES string of the molecule is Cc1ccc(-c2cc(-c3ccccc3)cc(N(c3ccccc3F)c3ccc4ccc5c(N(c6cc(-c7ccccc7)cc(-c7ccc(C)cc7)c6)c6ccccc6F)ccc6ccc3c4c65)c2)cc1. The second-order valence-electron chi connectivity index (χ2n) is 18.2. The summed E-state index contributed by atoms with van der Waals surface area (Å²) in [6.45, 7) is 4.19. The Morgan fingerprint density at radius 2 is 0.600 bits per heavy atom. The molecule has 0 aliphatic rings. The van der Waals surface area contributed by atoms with E-state index in [9.17, 15) is 0 Å². The van der Waals surface area contributed by atoms with E-state index in [-0.39, 0.29) is 11.6 Å². The number of para-hydroxylation sites is 2. The second-order valence-corrected chi connectivity index (χ2v) is 18.2. The third kappa shape index (κ3) is 7.70. The first-order valence-corrected chi connectivity index (χ1v) is 23.7. The topological polar surface area (TPSA) is 6.48 Å². The van der Waals surface area contributed by atoms with E-state index >= 15 is 8.78 Å². The van der Waals surface area contributed by atoms with Crippen LogP contribution in [0.2, 0.25) is 0 Å². The maximum Gasteiger partial charge on any atom is 0.147 e. The highest BCUT2D eigenvalue weighted by Gasteiger charge is 2.25. The Hall–Kier alpha value is -8.86. The molecule has 0 aromatic heterocycles. The number of aryl methyl sites for hydroxylation is 2. The van der Waals surface area contributed by atoms with Crippen LogP contribution in [-0.2, 0) is 0 Å². The van der Waals surface area contributed by atoms with Crippen LogP contribution in [0.3, 0.4) is 0 Å². The molecule has 0 atom stereocenters. The van der Waals surface area contributed by atoms with Crippen molar-refractivity contribution in [2.45, 2.75) is 13.8 Å². The summed E-state index contributed by atoms with van der Waals surface area (Å²) in [6.07, 6.45) is 0. The number of anilines is 6. The summed E-state index contributed by atoms with van der Waals surface area (Å²) in [6, 6.07) is 82.1. The average molecular weight is 905 g/mol. The molecular formula is C66H46F2N2. The van der Waals surface area contributed by atoms with Crippen LogP contribution in [0.1, 0.15) is 11.1 Å². The van der Waals surface area contributed by atoms with Gasteiger partial charge in [0.1, 0.15) is 11.6 Å². The molecule has 12 rings (SSSR count). The molecule has 0 unspecified atom stereocenters. The van der Waals surface area contributed by atoms with Gasteiger partial charge in [-0.05, 0) is 153 Å². The van der Waals surface area contributed by atoms with Gasteiger partial charge in [-0.2, -0.15) is 0 Å². The molecule has 12 aromatic carbocycles. The van der Waals surface area contributed by atoms with Gasteiger partial charge >= 0.3 is 0 Å². The van der Waals surface area contributed by atoms with E-state index < -0.39 is 0 Å². The first-order chi connectivity index (χ1) is 34.3. The van der Waals surface area contributed by atoms with Crippen LogP contribution in [0.15, 0.2) is 243 Å². The van der Waals surface area contributed by atoms with Crippen LogP contribution in [-0.4, -0.2) is 0 Å². The minimum absolute atomic E-state index is 0.333. The van der Waals surface area contributed by atoms with Crippen molar-refractivity contribution in [3.8, 4) is 44.5 Å². The highest BCUT2D eigenvalue weighted by molar-refractivity contribution is 6.28. The zero-order valence-corrected chi connectivity index (χ0v) is 38.7. The molecule has 0 radical (unpaired) electrons. The molecule has 0 N–H and O–H groups in total. The van der Waals surface area contributed by atoms with Crippen LogP contribution in [0.25, 0.3) is 76.8 Å². The number of benzene rings is 12. The van der Waals surface area contributed by atoms with E-state index in [1.54, 1.807) is 12.1 Å². The molecule has 4 heteroatoms. The largest absolute Gasteiger partial charge is 0.307 e. The first kappa shape index (κ1) is 42.5. The van der Waals surface area contributed by atoms with E-state index in [0.29, 0.717) is 11.4 Å². The van der Waals surface area contributed by atoms with E-state index in [1.165, 1.54) is 23.3 Å². The summed E-state index contributed by atoms with van der Waals surface area (Å²) < 4.78 is 33.2. The fourth-order valence-electron chi connectivity index (χ4n) is 10.1. The third-order valence-electron chi connectivity index (χ3n) is 13.6. The van der Waals surface area contributed by atoms with Crippen molar-refractivity contribution in [1.29, 1.82) is 0 Å². The fourth-order valence-corrected chi connectivity index (χ4v) is 10.1. The molecule has 2 nitrogen and oxygen atoms in total. The summed E-state index contributed by atoms with van der Waals surface area (Å²) in [5.41, 5.74) is 14.9. The van der Waals surface area contributed by atoms with E-state index in [1.807, 2.05) is 60.7 Å². The Morgan fingerprint density at radius 3 is 0.971 bits per heavy atom. The number of rotatable bonds is 10. The van der Waals surface area contributed by atoms with E-state index in [2.05, 4.69) is 181 Å². The van der Waals surface area contributed by atoms with Gasteiger partial charge in [-0.3, -0.25) is 0 Å². The standard InChI is InChI=1S/C66H46F2N2/c1-43-21-25-47(26-22-43)53-37-51(45-13-5-3-6-14-45)39-55(41-53)69(63-19-11-9-17-59(63)67)61-35-31-49-30-34-58-62(36-32-50-29-33-57(61)65(49)66(50)58)70(64-20-12-10-18-60(64)68)56-40-52(46-15-7-4-8-16-46)38-54(42-56)48-27-23-44(2)24-28-48/h3-42H,1-2H3. The van der Waals surface area contributed by atoms with E-state index in [4.69, 9.17) is 0 Å². The predicted octanol–water partition coefficient (Wildman–Crippen LogP) is 19.1. The van der Waals surface area contributed by atoms with Crippen LogP contribution in [0.5, 0.6) is 0 Å². The average Bonchev–Trinajstić information content (AvgIpc) is 3.40. The van der Waals surface area contributed by atoms with Crippen LogP contribution in [0.4, 0.5) is 42.9 Å². The van der Waals surface area contributed by atoms with Gasteiger partial charge in [0.2, 0.25) is 0 Å². The summed E-state index contributed by atoms with van der Waals surface area (Å²) in [5, 5.41) is 6.10. The van der Waals surface area contributed by atoms with Gasteiger partial charge in [-0.15, -0.1) is 0 Å². The molecule has 12 aromatic rings. The maximum atomic E-state index is 16.6. The lowest BCUT2D eigenvalue weighted by molar-refractivity contribution is 0.628. The number of hydrogen-bond donors (Lipinski definition) is 0. The molecule has 0 bridgehead atoms. The molecule has 0 saturated heterocycles. The van der Waals surface area contributed by atoms with Crippen molar-refractivity contribution in [3.05, 3.63) is 265 Å². The third-order valence-corrected chi connectivity index (χ3v) is 13.6. The summed E-state index contributed by atoms with van der Waals surface area (Å²) in [5.74, 6) is -0.665. The lowest BCUT2D eigenvalue weighted by Gasteiger charge is -2.30. The van der Waals surface area contributed by atoms with Crippen molar-refractivity contribution in [3.63, 3.8) is 0 Å². The van der Waals surface area contributed by atoms with Gasteiger partial charge in [-0.1, -0.05) is 181 Å². The molecule has 70 heavy (non-hydrogen) atoms. The molecule has 0 fully saturated rings. The number of nitrogens with zero attached hydrogens (tertiary/aromatic N) is 2. The molecule has 0 amide bonds. The second kappa shape index (κ2) is 17.7. The quantitative estimate of drug-likeness (QED) is 0.126. The van der Waals surface area contributed by atoms with E-state index in [0.717, 1.165) is 99.6 Å². The van der Waals surface area contributed by atoms with Crippen molar-refractivity contribution in [1.82, 2.24) is 0 Å². The monoisotopic (exact) mass is 904 g/mol. The van der Waals surface area contributed by atoms with Gasteiger partial charge in [0, 0.05) is 22.1 Å². The Bertz CT molecular complexity index is 3610. The van der Waals surface area contributed by atoms with Gasteiger partial charge in [0.15, 0.2) is 0 Å². The summed E-state index contributed by atoms with van der Waals surface area (Å²) in [4.78, 5) is 4.14. The highest BCUT2D eigenvalue weighted by atomic mass is 19.1. The fraction of sp³-hybridized carbons (Fsp3) is 0.0303. The van der Waals surface area contributed by atoms with Crippen LogP contribution in [0, 0.1) is 25.5 Å². The zero-order chi connectivity index (χ0) is 47.3. The maximum absolute atomic E-state index is 16.6.